The number of hydrogen-bond donors (Lipinski definition) is 1. The molecule has 0 aliphatic carbocycles. The minimum absolute atomic E-state index is 0.0592. The average Bonchev–Trinajstić information content (AvgIpc) is 2.71. The molecule has 0 aliphatic heterocycles. The molecule has 4 heteroatoms. The lowest BCUT2D eigenvalue weighted by molar-refractivity contribution is 0.321. The molecule has 19 heavy (non-hydrogen) atoms. The van der Waals surface area contributed by atoms with Crippen LogP contribution in [-0.2, 0) is 6.42 Å². The number of aryl methyl sites for hydroxylation is 2. The van der Waals surface area contributed by atoms with E-state index in [0.717, 1.165) is 22.9 Å². The number of rotatable bonds is 5. The van der Waals surface area contributed by atoms with E-state index in [0.29, 0.717) is 6.61 Å². The zero-order valence-electron chi connectivity index (χ0n) is 11.6. The third kappa shape index (κ3) is 3.78. The van der Waals surface area contributed by atoms with Crippen molar-refractivity contribution < 1.29 is 4.74 Å². The maximum atomic E-state index is 5.90. The number of nitrogens with two attached hydrogens (primary N) is 1. The highest BCUT2D eigenvalue weighted by atomic mass is 32.1. The summed E-state index contributed by atoms with van der Waals surface area (Å²) in [5, 5.41) is 1.09. The minimum Gasteiger partial charge on any atom is -0.493 e. The molecule has 0 radical (unpaired) electrons. The molecule has 1 aromatic heterocycles. The van der Waals surface area contributed by atoms with E-state index in [2.05, 4.69) is 18.0 Å². The second kappa shape index (κ2) is 6.17. The van der Waals surface area contributed by atoms with E-state index in [1.807, 2.05) is 32.0 Å². The predicted octanol–water partition coefficient (Wildman–Crippen LogP) is 3.40. The Labute approximate surface area is 118 Å². The number of hydrogen-bond acceptors (Lipinski definition) is 4. The molecule has 1 unspecified atom stereocenters. The van der Waals surface area contributed by atoms with Gasteiger partial charge in [0.1, 0.15) is 5.75 Å². The highest BCUT2D eigenvalue weighted by molar-refractivity contribution is 7.11. The molecule has 2 rings (SSSR count). The summed E-state index contributed by atoms with van der Waals surface area (Å²) in [6.07, 6.45) is 0.826. The standard InChI is InChI=1S/C15H20N2OS/c1-10-5-4-6-13(9-10)18-8-7-14-17-12(3)15(19-14)11(2)16/h4-6,9,11H,7-8,16H2,1-3H3. The van der Waals surface area contributed by atoms with Crippen LogP contribution in [0.1, 0.15) is 34.1 Å². The molecule has 0 saturated heterocycles. The summed E-state index contributed by atoms with van der Waals surface area (Å²) in [5.74, 6) is 0.917. The summed E-state index contributed by atoms with van der Waals surface area (Å²) in [5.41, 5.74) is 8.16. The Balaban J connectivity index is 1.91. The van der Waals surface area contributed by atoms with E-state index < -0.39 is 0 Å². The van der Waals surface area contributed by atoms with E-state index in [4.69, 9.17) is 10.5 Å². The van der Waals surface area contributed by atoms with Crippen LogP contribution in [0.5, 0.6) is 5.75 Å². The van der Waals surface area contributed by atoms with Crippen LogP contribution in [0.2, 0.25) is 0 Å². The van der Waals surface area contributed by atoms with E-state index >= 15 is 0 Å². The van der Waals surface area contributed by atoms with Crippen molar-refractivity contribution in [2.45, 2.75) is 33.2 Å². The molecule has 0 bridgehead atoms. The molecule has 0 saturated carbocycles. The first kappa shape index (κ1) is 14.0. The van der Waals surface area contributed by atoms with Crippen LogP contribution < -0.4 is 10.5 Å². The molecular formula is C15H20N2OS. The van der Waals surface area contributed by atoms with Crippen LogP contribution in [0.4, 0.5) is 0 Å². The van der Waals surface area contributed by atoms with Gasteiger partial charge in [0.05, 0.1) is 17.3 Å². The topological polar surface area (TPSA) is 48.1 Å². The molecule has 1 heterocycles. The quantitative estimate of drug-likeness (QED) is 0.910. The van der Waals surface area contributed by atoms with Gasteiger partial charge < -0.3 is 10.5 Å². The van der Waals surface area contributed by atoms with Gasteiger partial charge in [-0.3, -0.25) is 0 Å². The Morgan fingerprint density at radius 3 is 2.79 bits per heavy atom. The number of benzene rings is 1. The SMILES string of the molecule is Cc1cccc(OCCc2nc(C)c(C(C)N)s2)c1. The van der Waals surface area contributed by atoms with Crippen molar-refractivity contribution in [2.24, 2.45) is 5.73 Å². The fourth-order valence-electron chi connectivity index (χ4n) is 1.96. The summed E-state index contributed by atoms with van der Waals surface area (Å²) < 4.78 is 5.74. The molecule has 1 atom stereocenters. The third-order valence-electron chi connectivity index (χ3n) is 2.86. The van der Waals surface area contributed by atoms with Crippen LogP contribution in [-0.4, -0.2) is 11.6 Å². The Bertz CT molecular complexity index is 549. The van der Waals surface area contributed by atoms with Gasteiger partial charge in [-0.1, -0.05) is 12.1 Å². The Hall–Kier alpha value is -1.39. The van der Waals surface area contributed by atoms with Gasteiger partial charge in [-0.2, -0.15) is 0 Å². The maximum absolute atomic E-state index is 5.90. The van der Waals surface area contributed by atoms with Crippen LogP contribution in [0.15, 0.2) is 24.3 Å². The van der Waals surface area contributed by atoms with Gasteiger partial charge >= 0.3 is 0 Å². The van der Waals surface area contributed by atoms with Crippen LogP contribution in [0.3, 0.4) is 0 Å². The van der Waals surface area contributed by atoms with Crippen molar-refractivity contribution in [3.63, 3.8) is 0 Å². The van der Waals surface area contributed by atoms with E-state index in [-0.39, 0.29) is 6.04 Å². The smallest absolute Gasteiger partial charge is 0.119 e. The van der Waals surface area contributed by atoms with Gasteiger partial charge in [-0.05, 0) is 38.5 Å². The summed E-state index contributed by atoms with van der Waals surface area (Å²) in [4.78, 5) is 5.71. The molecule has 3 nitrogen and oxygen atoms in total. The number of ether oxygens (including phenoxy) is 1. The van der Waals surface area contributed by atoms with E-state index in [1.54, 1.807) is 11.3 Å². The Kier molecular flexibility index (Phi) is 4.56. The minimum atomic E-state index is 0.0592. The van der Waals surface area contributed by atoms with E-state index in [1.165, 1.54) is 10.4 Å². The number of nitrogens with zero attached hydrogens (tertiary/aromatic N) is 1. The molecule has 2 N–H and O–H groups in total. The van der Waals surface area contributed by atoms with Gasteiger partial charge in [0.2, 0.25) is 0 Å². The van der Waals surface area contributed by atoms with Gasteiger partial charge in [0.15, 0.2) is 0 Å². The molecule has 1 aromatic carbocycles. The lowest BCUT2D eigenvalue weighted by Crippen LogP contribution is -2.03. The number of aromatic nitrogens is 1. The van der Waals surface area contributed by atoms with Gasteiger partial charge in [-0.15, -0.1) is 11.3 Å². The summed E-state index contributed by atoms with van der Waals surface area (Å²) in [7, 11) is 0. The van der Waals surface area contributed by atoms with Gasteiger partial charge in [0.25, 0.3) is 0 Å². The lowest BCUT2D eigenvalue weighted by atomic mass is 10.2. The average molecular weight is 276 g/mol. The first-order valence-corrected chi connectivity index (χ1v) is 7.29. The van der Waals surface area contributed by atoms with Crippen molar-refractivity contribution in [3.8, 4) is 5.75 Å². The highest BCUT2D eigenvalue weighted by Crippen LogP contribution is 2.23. The fraction of sp³-hybridized carbons (Fsp3) is 0.400. The van der Waals surface area contributed by atoms with Crippen LogP contribution in [0, 0.1) is 13.8 Å². The molecule has 2 aromatic rings. The zero-order valence-corrected chi connectivity index (χ0v) is 12.5. The Morgan fingerprint density at radius 1 is 1.37 bits per heavy atom. The van der Waals surface area contributed by atoms with Crippen molar-refractivity contribution in [3.05, 3.63) is 45.4 Å². The molecule has 0 fully saturated rings. The predicted molar refractivity (Wildman–Crippen MR) is 79.8 cm³/mol. The van der Waals surface area contributed by atoms with Gasteiger partial charge in [-0.25, -0.2) is 4.98 Å². The third-order valence-corrected chi connectivity index (χ3v) is 4.28. The molecule has 0 aliphatic rings. The Morgan fingerprint density at radius 2 is 2.16 bits per heavy atom. The summed E-state index contributed by atoms with van der Waals surface area (Å²) in [6, 6.07) is 8.15. The van der Waals surface area contributed by atoms with E-state index in [9.17, 15) is 0 Å². The monoisotopic (exact) mass is 276 g/mol. The second-order valence-corrected chi connectivity index (χ2v) is 5.88. The van der Waals surface area contributed by atoms with Crippen molar-refractivity contribution >= 4 is 11.3 Å². The first-order valence-electron chi connectivity index (χ1n) is 6.47. The maximum Gasteiger partial charge on any atom is 0.119 e. The summed E-state index contributed by atoms with van der Waals surface area (Å²) >= 11 is 1.69. The largest absolute Gasteiger partial charge is 0.493 e. The molecule has 0 spiro atoms. The summed E-state index contributed by atoms with van der Waals surface area (Å²) in [6.45, 7) is 6.72. The molecule has 0 amide bonds. The zero-order chi connectivity index (χ0) is 13.8. The normalized spacial score (nSPS) is 12.4. The van der Waals surface area contributed by atoms with Gasteiger partial charge in [0, 0.05) is 17.3 Å². The van der Waals surface area contributed by atoms with Crippen molar-refractivity contribution in [2.75, 3.05) is 6.61 Å². The van der Waals surface area contributed by atoms with Crippen molar-refractivity contribution in [1.82, 2.24) is 4.98 Å². The highest BCUT2D eigenvalue weighted by Gasteiger charge is 2.10. The van der Waals surface area contributed by atoms with Crippen LogP contribution in [0.25, 0.3) is 0 Å². The first-order chi connectivity index (χ1) is 9.06. The van der Waals surface area contributed by atoms with Crippen molar-refractivity contribution in [1.29, 1.82) is 0 Å². The van der Waals surface area contributed by atoms with Crippen LogP contribution >= 0.6 is 11.3 Å². The second-order valence-electron chi connectivity index (χ2n) is 4.76. The number of thiazole rings is 1. The molecular weight excluding hydrogens is 256 g/mol. The molecule has 102 valence electrons. The fourth-order valence-corrected chi connectivity index (χ4v) is 2.96. The lowest BCUT2D eigenvalue weighted by Gasteiger charge is -2.05.